The summed E-state index contributed by atoms with van der Waals surface area (Å²) < 4.78 is 0. The van der Waals surface area contributed by atoms with E-state index in [0.29, 0.717) is 5.92 Å². The maximum absolute atomic E-state index is 3.66. The Bertz CT molecular complexity index is 3460. The lowest BCUT2D eigenvalue weighted by Gasteiger charge is -2.27. The first-order valence-electron chi connectivity index (χ1n) is 33.0. The molecule has 0 aromatic heterocycles. The number of hydrogen-bond donors (Lipinski definition) is 0. The van der Waals surface area contributed by atoms with Gasteiger partial charge in [0.2, 0.25) is 0 Å². The van der Waals surface area contributed by atoms with E-state index in [-0.39, 0.29) is 0 Å². The van der Waals surface area contributed by atoms with Gasteiger partial charge in [-0.15, -0.1) is 0 Å². The van der Waals surface area contributed by atoms with Crippen molar-refractivity contribution in [3.8, 4) is 11.1 Å². The Morgan fingerprint density at radius 1 is 0.477 bits per heavy atom. The van der Waals surface area contributed by atoms with Crippen LogP contribution in [0.5, 0.6) is 0 Å². The predicted molar refractivity (Wildman–Crippen MR) is 389 cm³/mol. The zero-order valence-corrected chi connectivity index (χ0v) is 54.2. The van der Waals surface area contributed by atoms with Crippen molar-refractivity contribution in [1.82, 2.24) is 4.90 Å². The molecule has 454 valence electrons. The van der Waals surface area contributed by atoms with Gasteiger partial charge in [0.1, 0.15) is 0 Å². The second kappa shape index (κ2) is 38.3. The van der Waals surface area contributed by atoms with Crippen molar-refractivity contribution >= 4 is 44.1 Å². The van der Waals surface area contributed by atoms with Crippen LogP contribution in [-0.4, -0.2) is 32.1 Å². The summed E-state index contributed by atoms with van der Waals surface area (Å²) in [4.78, 5) is 4.53. The van der Waals surface area contributed by atoms with Gasteiger partial charge >= 0.3 is 0 Å². The minimum absolute atomic E-state index is 0.527. The van der Waals surface area contributed by atoms with Gasteiger partial charge in [0.05, 0.1) is 0 Å². The molecule has 8 aromatic rings. The predicted octanol–water partition coefficient (Wildman–Crippen LogP) is 22.8. The molecule has 1 atom stereocenters. The van der Waals surface area contributed by atoms with E-state index in [1.54, 1.807) is 17.2 Å². The van der Waals surface area contributed by atoms with Crippen LogP contribution in [-0.2, 0) is 0 Å². The van der Waals surface area contributed by atoms with Crippen LogP contribution in [0.2, 0.25) is 0 Å². The average Bonchev–Trinajstić information content (AvgIpc) is 1.50. The fourth-order valence-corrected chi connectivity index (χ4v) is 12.5. The zero-order chi connectivity index (χ0) is 62.0. The molecule has 0 saturated heterocycles. The van der Waals surface area contributed by atoms with E-state index in [9.17, 15) is 0 Å². The monoisotopic (exact) mass is 1160 g/mol. The van der Waals surface area contributed by atoms with Crippen LogP contribution in [0.25, 0.3) is 43.8 Å². The fraction of sp³-hybridized carbons (Fsp3) is 0.279. The Morgan fingerprint density at radius 2 is 0.966 bits per heavy atom. The maximum Gasteiger partial charge on any atom is 0.0408 e. The number of fused-ring (bicyclic) bond motifs is 4. The van der Waals surface area contributed by atoms with E-state index in [4.69, 9.17) is 0 Å². The molecule has 1 unspecified atom stereocenters. The Hall–Kier alpha value is -8.04. The molecular weight excluding hydrogens is 1060 g/mol. The lowest BCUT2D eigenvalue weighted by atomic mass is 9.77. The molecule has 2 saturated carbocycles. The molecule has 2 fully saturated rings. The van der Waals surface area contributed by atoms with Gasteiger partial charge < -0.3 is 9.80 Å². The number of hydrogen-bond acceptors (Lipinski definition) is 2. The molecule has 88 heavy (non-hydrogen) atoms. The van der Waals surface area contributed by atoms with Gasteiger partial charge in [-0.2, -0.15) is 0 Å². The van der Waals surface area contributed by atoms with Gasteiger partial charge in [-0.25, -0.2) is 0 Å². The van der Waals surface area contributed by atoms with E-state index >= 15 is 0 Å². The maximum atomic E-state index is 3.66. The second-order valence-corrected chi connectivity index (χ2v) is 23.4. The summed E-state index contributed by atoms with van der Waals surface area (Å²) in [5.41, 5.74) is 13.5. The summed E-state index contributed by atoms with van der Waals surface area (Å²) in [6, 6.07) is 70.6. The number of para-hydroxylation sites is 2. The van der Waals surface area contributed by atoms with Gasteiger partial charge in [-0.1, -0.05) is 327 Å². The van der Waals surface area contributed by atoms with Crippen LogP contribution in [0.15, 0.2) is 285 Å². The molecular formula is C86H100N2. The molecule has 6 aliphatic rings. The van der Waals surface area contributed by atoms with Crippen LogP contribution in [0.1, 0.15) is 135 Å². The molecule has 0 bridgehead atoms. The second-order valence-electron chi connectivity index (χ2n) is 23.4. The fourth-order valence-electron chi connectivity index (χ4n) is 12.5. The highest BCUT2D eigenvalue weighted by atomic mass is 15.1. The topological polar surface area (TPSA) is 6.48 Å². The first-order chi connectivity index (χ1) is 43.3. The molecule has 0 spiro atoms. The largest absolute Gasteiger partial charge is 0.345 e. The molecule has 2 heteroatoms. The molecule has 2 nitrogen and oxygen atoms in total. The lowest BCUT2D eigenvalue weighted by Crippen LogP contribution is -2.29. The number of benzene rings is 8. The van der Waals surface area contributed by atoms with Crippen molar-refractivity contribution in [3.63, 3.8) is 0 Å². The standard InChI is InChI=1S/C36H26.C13H13N.C8H17N.C8H16.C7H10.2C6H6.C2H6/c1-3-11-23(12-4-1)35-26-17-7-8-18-27(26)36(24-13-5-2-6-14-24)33-22-31-29-20-10-16-25-15-9-19-28(34(25)29)30(31)21-32(33)35;1-14(12-8-4-2-5-9-12)13-10-6-3-7-11-13;1-9(2)8-6-4-3-5-7-8;1-2-4-6-8-7-5-3-1;1-4-5-6-7(2)3;2*1-2-4-6-5-3-1;1-2/h1-9,11-15,17-19,21-22,29H,10,16,20H2;2-11H,1H3;8H,3-7H2,1-2H3;1-8H2;4-6H,1-2H2,3H3;2*1-6H;1-2H3/b;;;;6-5-;;;. The highest BCUT2D eigenvalue weighted by molar-refractivity contribution is 6.15. The number of allylic oxidation sites excluding steroid dienone is 12. The van der Waals surface area contributed by atoms with Crippen LogP contribution >= 0.6 is 0 Å². The number of nitrogens with zero attached hydrogens (tertiary/aromatic N) is 2. The van der Waals surface area contributed by atoms with Crippen LogP contribution in [0.3, 0.4) is 0 Å². The Balaban J connectivity index is 0.000000173. The Morgan fingerprint density at radius 3 is 1.43 bits per heavy atom. The third-order valence-corrected chi connectivity index (χ3v) is 16.9. The van der Waals surface area contributed by atoms with E-state index in [0.717, 1.165) is 11.6 Å². The summed E-state index contributed by atoms with van der Waals surface area (Å²) in [6.45, 7) is 13.1. The number of anilines is 2. The molecule has 0 heterocycles. The first-order valence-corrected chi connectivity index (χ1v) is 33.0. The first kappa shape index (κ1) is 67.5. The van der Waals surface area contributed by atoms with Gasteiger partial charge in [-0.05, 0) is 155 Å². The smallest absolute Gasteiger partial charge is 0.0408 e. The third-order valence-electron chi connectivity index (χ3n) is 16.9. The minimum Gasteiger partial charge on any atom is -0.345 e. The molecule has 8 aromatic carbocycles. The van der Waals surface area contributed by atoms with Gasteiger partial charge in [-0.3, -0.25) is 0 Å². The van der Waals surface area contributed by atoms with Crippen molar-refractivity contribution in [2.75, 3.05) is 26.0 Å². The molecule has 0 aliphatic heterocycles. The van der Waals surface area contributed by atoms with Crippen molar-refractivity contribution in [2.45, 2.75) is 135 Å². The highest BCUT2D eigenvalue weighted by Crippen LogP contribution is 2.48. The van der Waals surface area contributed by atoms with Crippen LogP contribution in [0.4, 0.5) is 11.4 Å². The number of rotatable bonds is 6. The van der Waals surface area contributed by atoms with Crippen molar-refractivity contribution in [3.05, 3.63) is 314 Å². The molecule has 0 amide bonds. The van der Waals surface area contributed by atoms with Crippen LogP contribution in [0, 0.1) is 12.8 Å². The molecule has 0 N–H and O–H groups in total. The summed E-state index contributed by atoms with van der Waals surface area (Å²) >= 11 is 0. The Kier molecular flexibility index (Phi) is 29.4. The van der Waals surface area contributed by atoms with Gasteiger partial charge in [0.15, 0.2) is 0 Å². The van der Waals surface area contributed by atoms with E-state index in [2.05, 4.69) is 209 Å². The van der Waals surface area contributed by atoms with E-state index in [1.165, 1.54) is 174 Å². The van der Waals surface area contributed by atoms with Crippen LogP contribution < -0.4 is 15.3 Å². The van der Waals surface area contributed by atoms with E-state index < -0.39 is 0 Å². The lowest BCUT2D eigenvalue weighted by molar-refractivity contribution is 0.229. The Labute approximate surface area is 532 Å². The van der Waals surface area contributed by atoms with Crippen molar-refractivity contribution < 1.29 is 0 Å². The summed E-state index contributed by atoms with van der Waals surface area (Å²) in [6.07, 6.45) is 46.4. The normalized spacial score (nSPS) is 16.8. The minimum atomic E-state index is 0.527. The van der Waals surface area contributed by atoms with Gasteiger partial charge in [0, 0.05) is 43.2 Å². The van der Waals surface area contributed by atoms with Gasteiger partial charge in [0.25, 0.3) is 0 Å². The highest BCUT2D eigenvalue weighted by Gasteiger charge is 2.34. The molecule has 2 radical (unpaired) electrons. The van der Waals surface area contributed by atoms with E-state index in [1.807, 2.05) is 118 Å². The van der Waals surface area contributed by atoms with Crippen molar-refractivity contribution in [1.29, 1.82) is 0 Å². The average molecular weight is 1160 g/mol. The molecule has 14 rings (SSSR count). The zero-order valence-electron chi connectivity index (χ0n) is 54.2. The third kappa shape index (κ3) is 20.3. The SMILES string of the molecule is C1CCCCCCC1.C=C/C=C\C(=C)C.CC.CN(C)C1CCCCC1.CN(c1ccccc1)c1ccccc1.[CH]1C=CC2=c3cc4/c(=C5/[CH]C=CC=C5)c5ccccc5c(-c5ccccc5)c4cc3C3CCCC1=C23.c1ccccc1.c1ccccc1. The summed E-state index contributed by atoms with van der Waals surface area (Å²) in [5, 5.41) is 8.17. The van der Waals surface area contributed by atoms with Crippen molar-refractivity contribution in [2.24, 2.45) is 0 Å². The quantitative estimate of drug-likeness (QED) is 0.121. The molecule has 6 aliphatic carbocycles. The summed E-state index contributed by atoms with van der Waals surface area (Å²) in [5.74, 6) is 0.527. The summed E-state index contributed by atoms with van der Waals surface area (Å²) in [7, 11) is 6.46.